The van der Waals surface area contributed by atoms with Gasteiger partial charge in [-0.2, -0.15) is 0 Å². The summed E-state index contributed by atoms with van der Waals surface area (Å²) in [5, 5.41) is 2.97. The fourth-order valence-electron chi connectivity index (χ4n) is 2.82. The molecular weight excluding hydrogens is 364 g/mol. The van der Waals surface area contributed by atoms with Crippen LogP contribution in [0.5, 0.6) is 11.5 Å². The van der Waals surface area contributed by atoms with Crippen LogP contribution in [0.3, 0.4) is 0 Å². The molecule has 1 amide bonds. The lowest BCUT2D eigenvalue weighted by atomic mass is 10.1. The molecule has 3 aromatic rings. The predicted octanol–water partition coefficient (Wildman–Crippen LogP) is 4.56. The van der Waals surface area contributed by atoms with Gasteiger partial charge in [-0.1, -0.05) is 36.4 Å². The molecule has 5 nitrogen and oxygen atoms in total. The first-order chi connectivity index (χ1) is 14.2. The Labute approximate surface area is 171 Å². The highest BCUT2D eigenvalue weighted by Gasteiger charge is 2.08. The predicted molar refractivity (Wildman–Crippen MR) is 114 cm³/mol. The van der Waals surface area contributed by atoms with Crippen molar-refractivity contribution in [2.24, 2.45) is 0 Å². The number of hydrogen-bond acceptors (Lipinski definition) is 4. The molecule has 0 saturated heterocycles. The maximum Gasteiger partial charge on any atom is 0.244 e. The van der Waals surface area contributed by atoms with Gasteiger partial charge in [-0.3, -0.25) is 9.78 Å². The molecule has 0 spiro atoms. The fourth-order valence-corrected chi connectivity index (χ4v) is 2.82. The molecule has 0 fully saturated rings. The molecule has 2 aromatic carbocycles. The van der Waals surface area contributed by atoms with Crippen LogP contribution in [0.15, 0.2) is 79.1 Å². The molecule has 0 radical (unpaired) electrons. The van der Waals surface area contributed by atoms with Gasteiger partial charge in [0, 0.05) is 29.6 Å². The van der Waals surface area contributed by atoms with E-state index in [0.717, 1.165) is 28.2 Å². The van der Waals surface area contributed by atoms with E-state index in [1.54, 1.807) is 25.6 Å². The summed E-state index contributed by atoms with van der Waals surface area (Å²) in [7, 11) is 1.61. The van der Waals surface area contributed by atoms with Gasteiger partial charge in [-0.25, -0.2) is 0 Å². The molecular formula is C24H24N2O3. The summed E-state index contributed by atoms with van der Waals surface area (Å²) < 4.78 is 11.1. The molecule has 148 valence electrons. The standard InChI is InChI=1S/C24H24N2O3/c1-18(26-24(27)14-11-21-7-3-4-8-23(21)28-2)20-9-12-22(13-10-20)29-17-19-6-5-15-25-16-19/h3-16,18H,17H2,1-2H3,(H,26,27). The first kappa shape index (κ1) is 20.1. The first-order valence-electron chi connectivity index (χ1n) is 9.39. The summed E-state index contributed by atoms with van der Waals surface area (Å²) >= 11 is 0. The van der Waals surface area contributed by atoms with Crippen LogP contribution in [0.1, 0.15) is 29.7 Å². The Balaban J connectivity index is 1.54. The minimum Gasteiger partial charge on any atom is -0.496 e. The van der Waals surface area contributed by atoms with E-state index in [1.165, 1.54) is 6.08 Å². The van der Waals surface area contributed by atoms with Crippen LogP contribution < -0.4 is 14.8 Å². The summed E-state index contributed by atoms with van der Waals surface area (Å²) in [5.41, 5.74) is 2.87. The minimum absolute atomic E-state index is 0.128. The van der Waals surface area contributed by atoms with Crippen molar-refractivity contribution in [3.63, 3.8) is 0 Å². The molecule has 0 aliphatic carbocycles. The molecule has 1 heterocycles. The molecule has 0 aliphatic rings. The van der Waals surface area contributed by atoms with Crippen molar-refractivity contribution in [2.45, 2.75) is 19.6 Å². The third-order valence-corrected chi connectivity index (χ3v) is 4.42. The van der Waals surface area contributed by atoms with Gasteiger partial charge in [0.15, 0.2) is 0 Å². The van der Waals surface area contributed by atoms with Crippen molar-refractivity contribution in [3.05, 3.63) is 95.8 Å². The van der Waals surface area contributed by atoms with Gasteiger partial charge < -0.3 is 14.8 Å². The number of ether oxygens (including phenoxy) is 2. The third-order valence-electron chi connectivity index (χ3n) is 4.42. The first-order valence-corrected chi connectivity index (χ1v) is 9.39. The number of rotatable bonds is 8. The van der Waals surface area contributed by atoms with E-state index in [4.69, 9.17) is 9.47 Å². The van der Waals surface area contributed by atoms with Gasteiger partial charge in [0.05, 0.1) is 13.2 Å². The van der Waals surface area contributed by atoms with E-state index in [1.807, 2.05) is 67.6 Å². The lowest BCUT2D eigenvalue weighted by Crippen LogP contribution is -2.24. The van der Waals surface area contributed by atoms with Crippen LogP contribution in [-0.4, -0.2) is 18.0 Å². The fraction of sp³-hybridized carbons (Fsp3) is 0.167. The number of aromatic nitrogens is 1. The van der Waals surface area contributed by atoms with Gasteiger partial charge in [0.1, 0.15) is 18.1 Å². The smallest absolute Gasteiger partial charge is 0.244 e. The summed E-state index contributed by atoms with van der Waals surface area (Å²) in [6.07, 6.45) is 6.78. The van der Waals surface area contributed by atoms with Gasteiger partial charge in [0.2, 0.25) is 5.91 Å². The number of para-hydroxylation sites is 1. The second-order valence-corrected chi connectivity index (χ2v) is 6.52. The molecule has 0 saturated carbocycles. The number of nitrogens with one attached hydrogen (secondary N) is 1. The number of benzene rings is 2. The molecule has 0 bridgehead atoms. The lowest BCUT2D eigenvalue weighted by Gasteiger charge is -2.14. The number of pyridine rings is 1. The largest absolute Gasteiger partial charge is 0.496 e. The van der Waals surface area contributed by atoms with Crippen LogP contribution in [0.4, 0.5) is 0 Å². The molecule has 1 N–H and O–H groups in total. The lowest BCUT2D eigenvalue weighted by molar-refractivity contribution is -0.117. The van der Waals surface area contributed by atoms with Gasteiger partial charge in [-0.05, 0) is 42.8 Å². The molecule has 29 heavy (non-hydrogen) atoms. The zero-order valence-electron chi connectivity index (χ0n) is 16.5. The maximum absolute atomic E-state index is 12.3. The van der Waals surface area contributed by atoms with Crippen molar-refractivity contribution in [3.8, 4) is 11.5 Å². The van der Waals surface area contributed by atoms with Crippen molar-refractivity contribution in [1.29, 1.82) is 0 Å². The monoisotopic (exact) mass is 388 g/mol. The molecule has 1 unspecified atom stereocenters. The zero-order chi connectivity index (χ0) is 20.5. The number of carbonyl (C=O) groups is 1. The van der Waals surface area contributed by atoms with Gasteiger partial charge in [-0.15, -0.1) is 0 Å². The number of nitrogens with zero attached hydrogens (tertiary/aromatic N) is 1. The van der Waals surface area contributed by atoms with Gasteiger partial charge >= 0.3 is 0 Å². The second kappa shape index (κ2) is 10.1. The third kappa shape index (κ3) is 5.94. The summed E-state index contributed by atoms with van der Waals surface area (Å²) in [6.45, 7) is 2.41. The van der Waals surface area contributed by atoms with Crippen LogP contribution in [-0.2, 0) is 11.4 Å². The Bertz CT molecular complexity index is 953. The second-order valence-electron chi connectivity index (χ2n) is 6.52. The summed E-state index contributed by atoms with van der Waals surface area (Å²) in [6, 6.07) is 19.0. The Morgan fingerprint density at radius 3 is 2.62 bits per heavy atom. The zero-order valence-corrected chi connectivity index (χ0v) is 16.5. The maximum atomic E-state index is 12.3. The molecule has 5 heteroatoms. The van der Waals surface area contributed by atoms with Crippen LogP contribution in [0.2, 0.25) is 0 Å². The summed E-state index contributed by atoms with van der Waals surface area (Å²) in [5.74, 6) is 1.33. The van der Waals surface area contributed by atoms with E-state index in [2.05, 4.69) is 10.3 Å². The minimum atomic E-state index is -0.166. The normalized spacial score (nSPS) is 11.8. The number of amides is 1. The molecule has 3 rings (SSSR count). The highest BCUT2D eigenvalue weighted by molar-refractivity contribution is 5.92. The van der Waals surface area contributed by atoms with Crippen molar-refractivity contribution in [1.82, 2.24) is 10.3 Å². The van der Waals surface area contributed by atoms with Crippen molar-refractivity contribution < 1.29 is 14.3 Å². The number of carbonyl (C=O) groups excluding carboxylic acids is 1. The quantitative estimate of drug-likeness (QED) is 0.575. The van der Waals surface area contributed by atoms with Crippen LogP contribution >= 0.6 is 0 Å². The van der Waals surface area contributed by atoms with Crippen LogP contribution in [0.25, 0.3) is 6.08 Å². The Kier molecular flexibility index (Phi) is 7.00. The topological polar surface area (TPSA) is 60.5 Å². The summed E-state index contributed by atoms with van der Waals surface area (Å²) in [4.78, 5) is 16.3. The van der Waals surface area contributed by atoms with E-state index in [0.29, 0.717) is 6.61 Å². The average molecular weight is 388 g/mol. The van der Waals surface area contributed by atoms with Crippen molar-refractivity contribution >= 4 is 12.0 Å². The highest BCUT2D eigenvalue weighted by atomic mass is 16.5. The van der Waals surface area contributed by atoms with Crippen molar-refractivity contribution in [2.75, 3.05) is 7.11 Å². The van der Waals surface area contributed by atoms with E-state index in [-0.39, 0.29) is 11.9 Å². The molecule has 1 aromatic heterocycles. The Morgan fingerprint density at radius 2 is 1.90 bits per heavy atom. The molecule has 0 aliphatic heterocycles. The highest BCUT2D eigenvalue weighted by Crippen LogP contribution is 2.20. The molecule has 1 atom stereocenters. The number of methoxy groups -OCH3 is 1. The van der Waals surface area contributed by atoms with E-state index in [9.17, 15) is 4.79 Å². The Morgan fingerprint density at radius 1 is 1.10 bits per heavy atom. The van der Waals surface area contributed by atoms with E-state index < -0.39 is 0 Å². The van der Waals surface area contributed by atoms with E-state index >= 15 is 0 Å². The number of hydrogen-bond donors (Lipinski definition) is 1. The Hall–Kier alpha value is -3.60. The van der Waals surface area contributed by atoms with Crippen LogP contribution in [0, 0.1) is 0 Å². The van der Waals surface area contributed by atoms with Gasteiger partial charge in [0.25, 0.3) is 0 Å². The average Bonchev–Trinajstić information content (AvgIpc) is 2.77. The SMILES string of the molecule is COc1ccccc1C=CC(=O)NC(C)c1ccc(OCc2cccnc2)cc1.